The van der Waals surface area contributed by atoms with Crippen LogP contribution in [0.25, 0.3) is 0 Å². The minimum atomic E-state index is 0.661. The number of thiazole rings is 1. The highest BCUT2D eigenvalue weighted by molar-refractivity contribution is 7.15. The van der Waals surface area contributed by atoms with Gasteiger partial charge in [-0.2, -0.15) is 0 Å². The number of nitrogen functional groups attached to an aromatic ring is 1. The molecule has 2 N–H and O–H groups in total. The maximum absolute atomic E-state index is 5.64. The molecule has 5 heteroatoms. The van der Waals surface area contributed by atoms with Crippen molar-refractivity contribution < 1.29 is 0 Å². The Labute approximate surface area is 110 Å². The van der Waals surface area contributed by atoms with Crippen LogP contribution >= 0.6 is 22.7 Å². The van der Waals surface area contributed by atoms with Crippen LogP contribution in [0.3, 0.4) is 0 Å². The van der Waals surface area contributed by atoms with Crippen molar-refractivity contribution in [1.82, 2.24) is 9.88 Å². The first-order chi connectivity index (χ1) is 8.28. The summed E-state index contributed by atoms with van der Waals surface area (Å²) in [5.41, 5.74) is 5.64. The molecule has 92 valence electrons. The average Bonchev–Trinajstić information content (AvgIpc) is 2.96. The highest BCUT2D eigenvalue weighted by atomic mass is 32.1. The Morgan fingerprint density at radius 1 is 1.41 bits per heavy atom. The molecule has 0 atom stereocenters. The van der Waals surface area contributed by atoms with Gasteiger partial charge in [0.15, 0.2) is 5.13 Å². The van der Waals surface area contributed by atoms with Gasteiger partial charge in [0.1, 0.15) is 0 Å². The molecular formula is C12H17N3S2. The third-order valence-corrected chi connectivity index (χ3v) is 4.40. The number of likely N-dealkylation sites (N-methyl/N-ethyl adjacent to an activating group) is 1. The second-order valence-corrected chi connectivity index (χ2v) is 6.04. The van der Waals surface area contributed by atoms with Crippen molar-refractivity contribution in [3.63, 3.8) is 0 Å². The van der Waals surface area contributed by atoms with E-state index in [1.54, 1.807) is 11.3 Å². The number of rotatable bonds is 6. The summed E-state index contributed by atoms with van der Waals surface area (Å²) in [6.07, 6.45) is 3.01. The molecule has 0 spiro atoms. The maximum atomic E-state index is 5.64. The van der Waals surface area contributed by atoms with Crippen molar-refractivity contribution in [2.24, 2.45) is 0 Å². The zero-order valence-corrected chi connectivity index (χ0v) is 11.6. The van der Waals surface area contributed by atoms with Gasteiger partial charge < -0.3 is 5.73 Å². The summed E-state index contributed by atoms with van der Waals surface area (Å²) < 4.78 is 0. The predicted octanol–water partition coefficient (Wildman–Crippen LogP) is 2.85. The molecule has 0 saturated carbocycles. The summed E-state index contributed by atoms with van der Waals surface area (Å²) in [6.45, 7) is 5.30. The molecule has 17 heavy (non-hydrogen) atoms. The van der Waals surface area contributed by atoms with Crippen molar-refractivity contribution in [2.45, 2.75) is 19.9 Å². The zero-order chi connectivity index (χ0) is 12.1. The summed E-state index contributed by atoms with van der Waals surface area (Å²) in [5.74, 6) is 0. The number of hydrogen-bond donors (Lipinski definition) is 1. The molecule has 0 saturated heterocycles. The van der Waals surface area contributed by atoms with E-state index in [2.05, 4.69) is 34.3 Å². The summed E-state index contributed by atoms with van der Waals surface area (Å²) in [4.78, 5) is 9.21. The lowest BCUT2D eigenvalue weighted by atomic mass is 10.3. The number of thiophene rings is 1. The van der Waals surface area contributed by atoms with Crippen LogP contribution in [0.2, 0.25) is 0 Å². The fraction of sp³-hybridized carbons (Fsp3) is 0.417. The Kier molecular flexibility index (Phi) is 4.53. The number of nitrogens with zero attached hydrogens (tertiary/aromatic N) is 2. The summed E-state index contributed by atoms with van der Waals surface area (Å²) >= 11 is 3.41. The van der Waals surface area contributed by atoms with Crippen LogP contribution in [0, 0.1) is 0 Å². The predicted molar refractivity (Wildman–Crippen MR) is 75.5 cm³/mol. The SMILES string of the molecule is CCN(CCc1cccs1)Cc1cnc(N)s1. The van der Waals surface area contributed by atoms with Gasteiger partial charge in [0.2, 0.25) is 0 Å². The number of anilines is 1. The van der Waals surface area contributed by atoms with Crippen LogP contribution in [0.4, 0.5) is 5.13 Å². The smallest absolute Gasteiger partial charge is 0.180 e. The minimum absolute atomic E-state index is 0.661. The molecule has 0 amide bonds. The fourth-order valence-corrected chi connectivity index (χ4v) is 3.11. The Morgan fingerprint density at radius 2 is 2.29 bits per heavy atom. The summed E-state index contributed by atoms with van der Waals surface area (Å²) in [6, 6.07) is 4.31. The van der Waals surface area contributed by atoms with Gasteiger partial charge in [-0.05, 0) is 24.4 Å². The van der Waals surface area contributed by atoms with Gasteiger partial charge in [0.25, 0.3) is 0 Å². The monoisotopic (exact) mass is 267 g/mol. The molecule has 0 aromatic carbocycles. The quantitative estimate of drug-likeness (QED) is 0.875. The highest BCUT2D eigenvalue weighted by Gasteiger charge is 2.06. The van der Waals surface area contributed by atoms with E-state index in [1.165, 1.54) is 9.75 Å². The normalized spacial score (nSPS) is 11.2. The van der Waals surface area contributed by atoms with Crippen LogP contribution in [-0.4, -0.2) is 23.0 Å². The average molecular weight is 267 g/mol. The van der Waals surface area contributed by atoms with E-state index in [1.807, 2.05) is 17.5 Å². The molecule has 2 heterocycles. The van der Waals surface area contributed by atoms with Gasteiger partial charge in [0, 0.05) is 29.0 Å². The van der Waals surface area contributed by atoms with Gasteiger partial charge in [-0.3, -0.25) is 4.90 Å². The van der Waals surface area contributed by atoms with Crippen LogP contribution in [0.1, 0.15) is 16.7 Å². The Hall–Kier alpha value is -0.910. The lowest BCUT2D eigenvalue weighted by Gasteiger charge is -2.18. The second-order valence-electron chi connectivity index (χ2n) is 3.86. The second kappa shape index (κ2) is 6.14. The molecule has 0 radical (unpaired) electrons. The third kappa shape index (κ3) is 3.80. The van der Waals surface area contributed by atoms with Gasteiger partial charge >= 0.3 is 0 Å². The molecule has 2 aromatic heterocycles. The van der Waals surface area contributed by atoms with Crippen molar-refractivity contribution in [1.29, 1.82) is 0 Å². The fourth-order valence-electron chi connectivity index (χ4n) is 1.69. The van der Waals surface area contributed by atoms with Crippen molar-refractivity contribution in [3.05, 3.63) is 33.5 Å². The molecule has 0 aliphatic heterocycles. The number of nitrogens with two attached hydrogens (primary N) is 1. The van der Waals surface area contributed by atoms with Crippen LogP contribution < -0.4 is 5.73 Å². The lowest BCUT2D eigenvalue weighted by molar-refractivity contribution is 0.286. The van der Waals surface area contributed by atoms with Crippen molar-refractivity contribution in [2.75, 3.05) is 18.8 Å². The van der Waals surface area contributed by atoms with Gasteiger partial charge in [-0.15, -0.1) is 22.7 Å². The molecule has 2 rings (SSSR count). The molecule has 2 aromatic rings. The molecule has 0 aliphatic rings. The van der Waals surface area contributed by atoms with Gasteiger partial charge in [-0.25, -0.2) is 4.98 Å². The van der Waals surface area contributed by atoms with E-state index in [9.17, 15) is 0 Å². The molecule has 0 unspecified atom stereocenters. The highest BCUT2D eigenvalue weighted by Crippen LogP contribution is 2.17. The molecule has 3 nitrogen and oxygen atoms in total. The van der Waals surface area contributed by atoms with Crippen LogP contribution in [0.5, 0.6) is 0 Å². The Balaban J connectivity index is 1.84. The van der Waals surface area contributed by atoms with Crippen molar-refractivity contribution in [3.8, 4) is 0 Å². The van der Waals surface area contributed by atoms with E-state index in [0.29, 0.717) is 5.13 Å². The van der Waals surface area contributed by atoms with Crippen LogP contribution in [-0.2, 0) is 13.0 Å². The van der Waals surface area contributed by atoms with E-state index < -0.39 is 0 Å². The first-order valence-electron chi connectivity index (χ1n) is 5.73. The van der Waals surface area contributed by atoms with E-state index in [-0.39, 0.29) is 0 Å². The number of aromatic nitrogens is 1. The Bertz CT molecular complexity index is 436. The molecule has 0 fully saturated rings. The van der Waals surface area contributed by atoms with E-state index >= 15 is 0 Å². The van der Waals surface area contributed by atoms with Crippen LogP contribution in [0.15, 0.2) is 23.7 Å². The molecular weight excluding hydrogens is 250 g/mol. The Morgan fingerprint density at radius 3 is 2.88 bits per heavy atom. The van der Waals surface area contributed by atoms with Gasteiger partial charge in [0.05, 0.1) is 0 Å². The summed E-state index contributed by atoms with van der Waals surface area (Å²) in [5, 5.41) is 2.80. The molecule has 0 bridgehead atoms. The maximum Gasteiger partial charge on any atom is 0.180 e. The first-order valence-corrected chi connectivity index (χ1v) is 7.42. The first kappa shape index (κ1) is 12.5. The van der Waals surface area contributed by atoms with E-state index in [4.69, 9.17) is 5.73 Å². The molecule has 0 aliphatic carbocycles. The number of hydrogen-bond acceptors (Lipinski definition) is 5. The summed E-state index contributed by atoms with van der Waals surface area (Å²) in [7, 11) is 0. The topological polar surface area (TPSA) is 42.2 Å². The van der Waals surface area contributed by atoms with Crippen molar-refractivity contribution >= 4 is 27.8 Å². The lowest BCUT2D eigenvalue weighted by Crippen LogP contribution is -2.24. The van der Waals surface area contributed by atoms with Gasteiger partial charge in [-0.1, -0.05) is 13.0 Å². The van der Waals surface area contributed by atoms with E-state index in [0.717, 1.165) is 26.1 Å². The standard InChI is InChI=1S/C12H17N3S2/c1-2-15(6-5-10-4-3-7-16-10)9-11-8-14-12(13)17-11/h3-4,7-8H,2,5-6,9H2,1H3,(H2,13,14). The largest absolute Gasteiger partial charge is 0.375 e. The third-order valence-electron chi connectivity index (χ3n) is 2.65. The minimum Gasteiger partial charge on any atom is -0.375 e. The zero-order valence-electron chi connectivity index (χ0n) is 9.93.